The molecule has 1 fully saturated rings. The number of halogens is 1. The normalized spacial score (nSPS) is 15.2. The van der Waals surface area contributed by atoms with Crippen LogP contribution in [0.3, 0.4) is 0 Å². The van der Waals surface area contributed by atoms with E-state index in [4.69, 9.17) is 21.1 Å². The maximum atomic E-state index is 11.8. The summed E-state index contributed by atoms with van der Waals surface area (Å²) in [4.78, 5) is 26.8. The first-order chi connectivity index (χ1) is 17.5. The van der Waals surface area contributed by atoms with Crippen LogP contribution in [0, 0.1) is 6.92 Å². The van der Waals surface area contributed by atoms with Gasteiger partial charge in [0.15, 0.2) is 10.8 Å². The molecule has 12 heteroatoms. The second-order valence-electron chi connectivity index (χ2n) is 8.03. The van der Waals surface area contributed by atoms with Crippen molar-refractivity contribution in [2.24, 2.45) is 0 Å². The van der Waals surface area contributed by atoms with Crippen LogP contribution in [0.25, 0.3) is 11.0 Å². The largest absolute Gasteiger partial charge is 0.485 e. The van der Waals surface area contributed by atoms with E-state index in [9.17, 15) is 4.79 Å². The molecule has 1 aliphatic rings. The van der Waals surface area contributed by atoms with Gasteiger partial charge in [-0.05, 0) is 37.3 Å². The zero-order chi connectivity index (χ0) is 25.1. The lowest BCUT2D eigenvalue weighted by atomic mass is 10.3. The summed E-state index contributed by atoms with van der Waals surface area (Å²) in [7, 11) is 0. The molecular weight excluding hydrogens is 502 g/mol. The van der Waals surface area contributed by atoms with Crippen molar-refractivity contribution < 1.29 is 14.3 Å². The Bertz CT molecular complexity index is 1430. The number of aromatic nitrogens is 5. The predicted octanol–water partition coefficient (Wildman–Crippen LogP) is 4.33. The number of carbonyl (C=O) groups is 1. The number of anilines is 2. The number of fused-ring (bicyclic) bond motifs is 1. The zero-order valence-electron chi connectivity index (χ0n) is 19.3. The number of amides is 1. The van der Waals surface area contributed by atoms with Crippen molar-refractivity contribution in [2.45, 2.75) is 26.1 Å². The average Bonchev–Trinajstić information content (AvgIpc) is 3.52. The number of nitrogens with one attached hydrogen (secondary N) is 1. The number of nitrogens with zero attached hydrogens (tertiary/aromatic N) is 6. The van der Waals surface area contributed by atoms with Crippen LogP contribution in [0.5, 0.6) is 11.6 Å². The maximum absolute atomic E-state index is 11.8. The van der Waals surface area contributed by atoms with Crippen molar-refractivity contribution in [3.05, 3.63) is 64.4 Å². The molecular formula is C24H22ClN7O3S. The lowest BCUT2D eigenvalue weighted by Gasteiger charge is -2.15. The molecule has 0 bridgehead atoms. The van der Waals surface area contributed by atoms with Gasteiger partial charge >= 0.3 is 0 Å². The molecule has 1 aliphatic heterocycles. The van der Waals surface area contributed by atoms with Gasteiger partial charge in [-0.2, -0.15) is 0 Å². The van der Waals surface area contributed by atoms with Crippen molar-refractivity contribution >= 4 is 51.4 Å². The molecule has 1 unspecified atom stereocenters. The number of likely N-dealkylation sites (tertiary alicyclic amines) is 1. The molecule has 1 N–H and O–H groups in total. The molecule has 10 nitrogen and oxygen atoms in total. The number of aryl methyl sites for hydroxylation is 1. The van der Waals surface area contributed by atoms with Crippen molar-refractivity contribution in [3.8, 4) is 11.6 Å². The summed E-state index contributed by atoms with van der Waals surface area (Å²) in [6, 6.07) is 8.95. The number of benzene rings is 1. The summed E-state index contributed by atoms with van der Waals surface area (Å²) in [5, 5.41) is 13.4. The smallest absolute Gasteiger partial charge is 0.246 e. The third-order valence-corrected chi connectivity index (χ3v) is 6.60. The third-order valence-electron chi connectivity index (χ3n) is 5.49. The van der Waals surface area contributed by atoms with Crippen LogP contribution < -0.4 is 14.8 Å². The molecule has 1 saturated heterocycles. The highest BCUT2D eigenvalue weighted by Gasteiger charge is 2.26. The zero-order valence-corrected chi connectivity index (χ0v) is 20.9. The van der Waals surface area contributed by atoms with Gasteiger partial charge in [0.05, 0.1) is 17.1 Å². The fraction of sp³-hybridized carbons (Fsp3) is 0.250. The van der Waals surface area contributed by atoms with E-state index in [2.05, 4.69) is 37.0 Å². The minimum Gasteiger partial charge on any atom is -0.485 e. The van der Waals surface area contributed by atoms with E-state index in [1.807, 2.05) is 19.1 Å². The molecule has 4 aromatic rings. The highest BCUT2D eigenvalue weighted by atomic mass is 35.5. The molecule has 1 aromatic carbocycles. The van der Waals surface area contributed by atoms with E-state index >= 15 is 0 Å². The van der Waals surface area contributed by atoms with Crippen LogP contribution in [0.1, 0.15) is 16.4 Å². The van der Waals surface area contributed by atoms with E-state index in [0.29, 0.717) is 58.9 Å². The molecule has 0 aliphatic carbocycles. The molecule has 5 rings (SSSR count). The molecule has 0 radical (unpaired) electrons. The minimum absolute atomic E-state index is 0.0992. The minimum atomic E-state index is -0.143. The average molecular weight is 524 g/mol. The molecule has 0 saturated carbocycles. The Morgan fingerprint density at radius 2 is 2.19 bits per heavy atom. The third kappa shape index (κ3) is 5.37. The van der Waals surface area contributed by atoms with Crippen LogP contribution in [0.2, 0.25) is 5.02 Å². The quantitative estimate of drug-likeness (QED) is 0.337. The summed E-state index contributed by atoms with van der Waals surface area (Å²) in [5.41, 5.74) is 1.92. The fourth-order valence-corrected chi connectivity index (χ4v) is 4.63. The van der Waals surface area contributed by atoms with Crippen molar-refractivity contribution in [1.29, 1.82) is 0 Å². The topological polar surface area (TPSA) is 115 Å². The van der Waals surface area contributed by atoms with Gasteiger partial charge in [-0.15, -0.1) is 10.2 Å². The maximum Gasteiger partial charge on any atom is 0.246 e. The van der Waals surface area contributed by atoms with Crippen LogP contribution in [-0.4, -0.2) is 55.1 Å². The van der Waals surface area contributed by atoms with Gasteiger partial charge < -0.3 is 19.7 Å². The molecule has 4 heterocycles. The lowest BCUT2D eigenvalue weighted by molar-refractivity contribution is -0.125. The Morgan fingerprint density at radius 3 is 2.97 bits per heavy atom. The Labute approximate surface area is 216 Å². The number of rotatable bonds is 8. The van der Waals surface area contributed by atoms with Gasteiger partial charge in [-0.3, -0.25) is 4.79 Å². The van der Waals surface area contributed by atoms with E-state index in [0.717, 1.165) is 16.4 Å². The summed E-state index contributed by atoms with van der Waals surface area (Å²) in [6.07, 6.45) is 3.36. The SMILES string of the molecule is C=CC(=O)N1CCC(Oc2ccc3ncnc(Nc4ccc(OCc5nnc(C)s5)c(Cl)c4)c3n2)C1. The first-order valence-electron chi connectivity index (χ1n) is 11.2. The van der Waals surface area contributed by atoms with E-state index < -0.39 is 0 Å². The Hall–Kier alpha value is -3.83. The van der Waals surface area contributed by atoms with E-state index in [-0.39, 0.29) is 12.0 Å². The first-order valence-corrected chi connectivity index (χ1v) is 12.4. The van der Waals surface area contributed by atoms with Gasteiger partial charge in [-0.25, -0.2) is 15.0 Å². The van der Waals surface area contributed by atoms with Crippen molar-refractivity contribution in [1.82, 2.24) is 30.0 Å². The molecule has 184 valence electrons. The summed E-state index contributed by atoms with van der Waals surface area (Å²) in [5.74, 6) is 1.39. The van der Waals surface area contributed by atoms with Crippen molar-refractivity contribution in [2.75, 3.05) is 18.4 Å². The standard InChI is InChI=1S/C24H22ClN7O3S/c1-3-22(33)32-9-8-16(11-32)35-20-7-5-18-23(29-20)24(27-13-26-18)28-15-4-6-19(17(25)10-15)34-12-21-31-30-14(2)36-21/h3-7,10,13,16H,1,8-9,11-12H2,2H3,(H,26,27,28). The second kappa shape index (κ2) is 10.4. The molecule has 0 spiro atoms. The van der Waals surface area contributed by atoms with Crippen LogP contribution >= 0.6 is 22.9 Å². The summed E-state index contributed by atoms with van der Waals surface area (Å²) in [6.45, 7) is 6.84. The van der Waals surface area contributed by atoms with Gasteiger partial charge in [0.25, 0.3) is 0 Å². The number of pyridine rings is 1. The second-order valence-corrected chi connectivity index (χ2v) is 9.70. The Balaban J connectivity index is 1.30. The predicted molar refractivity (Wildman–Crippen MR) is 137 cm³/mol. The summed E-state index contributed by atoms with van der Waals surface area (Å²) < 4.78 is 11.8. The Kier molecular flexibility index (Phi) is 6.92. The van der Waals surface area contributed by atoms with Crippen molar-refractivity contribution in [3.63, 3.8) is 0 Å². The van der Waals surface area contributed by atoms with Crippen LogP contribution in [0.15, 0.2) is 49.3 Å². The molecule has 3 aromatic heterocycles. The van der Waals surface area contributed by atoms with Gasteiger partial charge in [0.2, 0.25) is 11.8 Å². The molecule has 1 amide bonds. The first kappa shape index (κ1) is 23.9. The highest BCUT2D eigenvalue weighted by molar-refractivity contribution is 7.11. The van der Waals surface area contributed by atoms with Gasteiger partial charge in [-0.1, -0.05) is 29.5 Å². The van der Waals surface area contributed by atoms with Crippen LogP contribution in [-0.2, 0) is 11.4 Å². The van der Waals surface area contributed by atoms with Gasteiger partial charge in [0, 0.05) is 24.7 Å². The summed E-state index contributed by atoms with van der Waals surface area (Å²) >= 11 is 7.93. The van der Waals surface area contributed by atoms with E-state index in [1.165, 1.54) is 23.7 Å². The van der Waals surface area contributed by atoms with Crippen LogP contribution in [0.4, 0.5) is 11.5 Å². The van der Waals surface area contributed by atoms with Gasteiger partial charge in [0.1, 0.15) is 35.3 Å². The Morgan fingerprint density at radius 1 is 1.31 bits per heavy atom. The highest BCUT2D eigenvalue weighted by Crippen LogP contribution is 2.31. The number of ether oxygens (including phenoxy) is 2. The molecule has 1 atom stereocenters. The number of hydrogen-bond acceptors (Lipinski definition) is 10. The fourth-order valence-electron chi connectivity index (χ4n) is 3.77. The van der Waals surface area contributed by atoms with E-state index in [1.54, 1.807) is 23.1 Å². The monoisotopic (exact) mass is 523 g/mol. The lowest BCUT2D eigenvalue weighted by Crippen LogP contribution is -2.29. The number of carbonyl (C=O) groups excluding carboxylic acids is 1. The number of hydrogen-bond donors (Lipinski definition) is 1. The molecule has 36 heavy (non-hydrogen) atoms.